The molecule has 0 unspecified atom stereocenters. The van der Waals surface area contributed by atoms with Gasteiger partial charge in [0.25, 0.3) is 0 Å². The predicted molar refractivity (Wildman–Crippen MR) is 245 cm³/mol. The monoisotopic (exact) mass is 963 g/mol. The molecule has 60 heavy (non-hydrogen) atoms. The maximum atomic E-state index is 6.58. The molecule has 0 saturated carbocycles. The van der Waals surface area contributed by atoms with Crippen molar-refractivity contribution < 1.29 is 25.8 Å². The van der Waals surface area contributed by atoms with E-state index < -0.39 is 0 Å². The molecule has 0 spiro atoms. The molecule has 4 heterocycles. The van der Waals surface area contributed by atoms with Gasteiger partial charge in [-0.05, 0) is 91.1 Å². The molecule has 4 aromatic heterocycles. The van der Waals surface area contributed by atoms with E-state index in [0.29, 0.717) is 35.2 Å². The van der Waals surface area contributed by atoms with Crippen LogP contribution < -0.4 is 4.74 Å². The van der Waals surface area contributed by atoms with Gasteiger partial charge in [0.15, 0.2) is 0 Å². The Bertz CT molecular complexity index is 3010. The van der Waals surface area contributed by atoms with Gasteiger partial charge in [-0.3, -0.25) is 9.97 Å². The van der Waals surface area contributed by atoms with Crippen LogP contribution in [0.5, 0.6) is 11.5 Å². The van der Waals surface area contributed by atoms with Crippen molar-refractivity contribution in [3.8, 4) is 33.8 Å². The van der Waals surface area contributed by atoms with Gasteiger partial charge in [-0.25, -0.2) is 0 Å². The standard InChI is InChI=1S/C54H48N4O.Pt/c1-31(2)39-11-9-12-40(32(3)4)51(39)35-15-19-45-43-21-17-37(29-47(43)53-55-23-25-57(53)49(45)27-35)59-38-18-22-44-46-20-16-36(28-50(46)58-26-24-56-54(58)48(44)30-38)52-41(33(5)6)13-10-14-42(52)34(7)8;/h9-28,31-34H,1-8H3;/q-2;+2. The quantitative estimate of drug-likeness (QED) is 0.113. The third kappa shape index (κ3) is 6.41. The van der Waals surface area contributed by atoms with Crippen LogP contribution in [0.2, 0.25) is 0 Å². The predicted octanol–water partition coefficient (Wildman–Crippen LogP) is 14.8. The van der Waals surface area contributed by atoms with E-state index in [4.69, 9.17) is 14.7 Å². The Hall–Kier alpha value is -5.77. The van der Waals surface area contributed by atoms with Gasteiger partial charge < -0.3 is 13.5 Å². The molecule has 6 heteroatoms. The van der Waals surface area contributed by atoms with Crippen LogP contribution in [-0.2, 0) is 21.1 Å². The van der Waals surface area contributed by atoms with E-state index >= 15 is 0 Å². The molecule has 0 aliphatic rings. The summed E-state index contributed by atoms with van der Waals surface area (Å²) < 4.78 is 11.0. The Morgan fingerprint density at radius 3 is 1.20 bits per heavy atom. The zero-order chi connectivity index (χ0) is 40.7. The fraction of sp³-hybridized carbons (Fsp3) is 0.222. The number of benzene rings is 6. The molecule has 300 valence electrons. The number of hydrogen-bond donors (Lipinski definition) is 0. The first kappa shape index (κ1) is 39.7. The summed E-state index contributed by atoms with van der Waals surface area (Å²) in [6.07, 6.45) is 7.84. The van der Waals surface area contributed by atoms with Crippen LogP contribution >= 0.6 is 0 Å². The Morgan fingerprint density at radius 1 is 0.467 bits per heavy atom. The summed E-state index contributed by atoms with van der Waals surface area (Å²) in [6, 6.07) is 42.7. The van der Waals surface area contributed by atoms with Crippen molar-refractivity contribution in [2.75, 3.05) is 0 Å². The number of aromatic nitrogens is 4. The molecular formula is C54H48N4OPt. The second-order valence-corrected chi connectivity index (χ2v) is 17.3. The van der Waals surface area contributed by atoms with Crippen molar-refractivity contribution in [2.45, 2.75) is 79.1 Å². The first-order valence-electron chi connectivity index (χ1n) is 21.0. The minimum absolute atomic E-state index is 0. The smallest absolute Gasteiger partial charge is 0.497 e. The second kappa shape index (κ2) is 15.4. The number of rotatable bonds is 8. The van der Waals surface area contributed by atoms with Gasteiger partial charge in [0, 0.05) is 47.3 Å². The van der Waals surface area contributed by atoms with Gasteiger partial charge in [-0.15, -0.1) is 12.1 Å². The van der Waals surface area contributed by atoms with E-state index in [1.165, 1.54) is 44.5 Å². The zero-order valence-corrected chi connectivity index (χ0v) is 37.6. The van der Waals surface area contributed by atoms with E-state index in [1.54, 1.807) is 0 Å². The fourth-order valence-electron chi connectivity index (χ4n) is 9.35. The molecule has 0 amide bonds. The number of fused-ring (bicyclic) bond motifs is 12. The van der Waals surface area contributed by atoms with Gasteiger partial charge in [0.1, 0.15) is 0 Å². The fourth-order valence-corrected chi connectivity index (χ4v) is 9.35. The minimum Gasteiger partial charge on any atom is -0.497 e. The summed E-state index contributed by atoms with van der Waals surface area (Å²) >= 11 is 0. The molecule has 0 atom stereocenters. The molecule has 6 aromatic carbocycles. The normalized spacial score (nSPS) is 12.1. The van der Waals surface area contributed by atoms with E-state index in [-0.39, 0.29) is 21.1 Å². The minimum atomic E-state index is 0. The van der Waals surface area contributed by atoms with E-state index in [0.717, 1.165) is 54.6 Å². The summed E-state index contributed by atoms with van der Waals surface area (Å²) in [5.74, 6) is 2.85. The third-order valence-electron chi connectivity index (χ3n) is 12.2. The van der Waals surface area contributed by atoms with Gasteiger partial charge in [0.05, 0.1) is 11.3 Å². The molecule has 0 N–H and O–H groups in total. The summed E-state index contributed by atoms with van der Waals surface area (Å²) in [7, 11) is 0. The molecule has 0 aliphatic heterocycles. The molecule has 0 aliphatic carbocycles. The summed E-state index contributed by atoms with van der Waals surface area (Å²) in [6.45, 7) is 18.2. The number of nitrogens with zero attached hydrogens (tertiary/aromatic N) is 4. The molecule has 5 nitrogen and oxygen atoms in total. The summed E-state index contributed by atoms with van der Waals surface area (Å²) in [5, 5.41) is 6.29. The Morgan fingerprint density at radius 2 is 0.833 bits per heavy atom. The largest absolute Gasteiger partial charge is 2.00 e. The van der Waals surface area contributed by atoms with E-state index in [2.05, 4.69) is 161 Å². The van der Waals surface area contributed by atoms with Crippen LogP contribution in [0, 0.1) is 12.1 Å². The van der Waals surface area contributed by atoms with E-state index in [9.17, 15) is 0 Å². The Kier molecular flexibility index (Phi) is 10.2. The summed E-state index contributed by atoms with van der Waals surface area (Å²) in [5.41, 5.74) is 14.6. The average Bonchev–Trinajstić information content (AvgIpc) is 3.95. The Balaban J connectivity index is 0.00000462. The zero-order valence-electron chi connectivity index (χ0n) is 35.4. The average molecular weight is 964 g/mol. The maximum absolute atomic E-state index is 6.58. The summed E-state index contributed by atoms with van der Waals surface area (Å²) in [4.78, 5) is 9.69. The van der Waals surface area contributed by atoms with Crippen LogP contribution in [0.3, 0.4) is 0 Å². The van der Waals surface area contributed by atoms with Crippen LogP contribution in [-0.4, -0.2) is 18.8 Å². The topological polar surface area (TPSA) is 43.8 Å². The number of imidazole rings is 2. The van der Waals surface area contributed by atoms with Crippen LogP contribution in [0.15, 0.2) is 122 Å². The maximum Gasteiger partial charge on any atom is 2.00 e. The van der Waals surface area contributed by atoms with E-state index in [1.807, 2.05) is 36.9 Å². The first-order valence-corrected chi connectivity index (χ1v) is 21.0. The molecule has 0 fully saturated rings. The van der Waals surface area contributed by atoms with Crippen molar-refractivity contribution in [1.29, 1.82) is 0 Å². The molecule has 0 saturated heterocycles. The van der Waals surface area contributed by atoms with Crippen molar-refractivity contribution in [3.63, 3.8) is 0 Å². The molecule has 0 bridgehead atoms. The number of pyridine rings is 2. The van der Waals surface area contributed by atoms with Crippen molar-refractivity contribution in [3.05, 3.63) is 156 Å². The number of ether oxygens (including phenoxy) is 1. The molecular weight excluding hydrogens is 916 g/mol. The van der Waals surface area contributed by atoms with Crippen molar-refractivity contribution in [2.24, 2.45) is 0 Å². The first-order chi connectivity index (χ1) is 28.6. The second-order valence-electron chi connectivity index (χ2n) is 17.3. The van der Waals surface area contributed by atoms with Gasteiger partial charge in [-0.1, -0.05) is 162 Å². The molecule has 0 radical (unpaired) electrons. The van der Waals surface area contributed by atoms with Crippen molar-refractivity contribution in [1.82, 2.24) is 18.8 Å². The van der Waals surface area contributed by atoms with Gasteiger partial charge in [0.2, 0.25) is 0 Å². The SMILES string of the molecule is CC(C)c1cccc(C(C)C)c1-c1ccc2c3ccc(Oc4[c-]c5c(cc4)c4ccc(-c6c(C(C)C)cccc6C(C)C)cc4n4ccnc54)[c-]c3c3nccn3c2c1.[Pt+2]. The molecule has 10 rings (SSSR count). The van der Waals surface area contributed by atoms with Gasteiger partial charge in [-0.2, -0.15) is 0 Å². The van der Waals surface area contributed by atoms with Crippen LogP contribution in [0.25, 0.3) is 76.9 Å². The molecule has 10 aromatic rings. The van der Waals surface area contributed by atoms with Crippen LogP contribution in [0.1, 0.15) is 101 Å². The van der Waals surface area contributed by atoms with Gasteiger partial charge >= 0.3 is 21.1 Å². The number of hydrogen-bond acceptors (Lipinski definition) is 3. The van der Waals surface area contributed by atoms with Crippen molar-refractivity contribution >= 4 is 54.6 Å². The van der Waals surface area contributed by atoms with Crippen LogP contribution in [0.4, 0.5) is 0 Å². The third-order valence-corrected chi connectivity index (χ3v) is 12.2. The Labute approximate surface area is 366 Å².